The number of piperidine rings is 1. The van der Waals surface area contributed by atoms with Crippen LogP contribution in [0.3, 0.4) is 0 Å². The number of amides is 2. The molecule has 0 spiro atoms. The van der Waals surface area contributed by atoms with Gasteiger partial charge in [0.25, 0.3) is 5.91 Å². The van der Waals surface area contributed by atoms with Gasteiger partial charge in [0.1, 0.15) is 0 Å². The zero-order chi connectivity index (χ0) is 21.9. The lowest BCUT2D eigenvalue weighted by atomic mass is 9.78. The van der Waals surface area contributed by atoms with Crippen molar-refractivity contribution in [1.29, 1.82) is 0 Å². The molecule has 2 aromatic rings. The lowest BCUT2D eigenvalue weighted by molar-refractivity contribution is -0.169. The van der Waals surface area contributed by atoms with E-state index in [1.165, 1.54) is 4.90 Å². The van der Waals surface area contributed by atoms with Crippen LogP contribution in [0.1, 0.15) is 35.2 Å². The van der Waals surface area contributed by atoms with Crippen molar-refractivity contribution in [3.8, 4) is 0 Å². The molecule has 158 valence electrons. The maximum atomic E-state index is 12.6. The average molecular weight is 412 g/mol. The number of hydrogen-bond donors (Lipinski definition) is 3. The van der Waals surface area contributed by atoms with Crippen LogP contribution in [0.5, 0.6) is 0 Å². The van der Waals surface area contributed by atoms with Gasteiger partial charge in [-0.05, 0) is 42.2 Å². The number of carbonyl (C=O) groups is 4. The van der Waals surface area contributed by atoms with Gasteiger partial charge in [-0.25, -0.2) is 0 Å². The largest absolute Gasteiger partial charge is 0.480 e. The van der Waals surface area contributed by atoms with Crippen molar-refractivity contribution in [3.05, 3.63) is 47.5 Å². The molecule has 0 unspecified atom stereocenters. The van der Waals surface area contributed by atoms with Crippen LogP contribution in [-0.4, -0.2) is 58.5 Å². The quantitative estimate of drug-likeness (QED) is 0.624. The molecule has 0 atom stereocenters. The van der Waals surface area contributed by atoms with Crippen LogP contribution < -0.4 is 5.32 Å². The fraction of sp³-hybridized carbons (Fsp3) is 0.364. The number of carbonyl (C=O) groups excluding carboxylic acids is 2. The summed E-state index contributed by atoms with van der Waals surface area (Å²) >= 11 is 0. The van der Waals surface area contributed by atoms with Crippen molar-refractivity contribution in [2.75, 3.05) is 19.6 Å². The summed E-state index contributed by atoms with van der Waals surface area (Å²) < 4.78 is 0. The number of nitrogens with one attached hydrogen (secondary N) is 1. The Kier molecular flexibility index (Phi) is 6.05. The molecule has 8 heteroatoms. The molecule has 1 fully saturated rings. The van der Waals surface area contributed by atoms with E-state index in [0.717, 1.165) is 16.3 Å². The molecule has 0 bridgehead atoms. The summed E-state index contributed by atoms with van der Waals surface area (Å²) in [5, 5.41) is 23.1. The lowest BCUT2D eigenvalue weighted by Gasteiger charge is -2.36. The minimum Gasteiger partial charge on any atom is -0.480 e. The molecule has 1 aliphatic rings. The topological polar surface area (TPSA) is 124 Å². The minimum absolute atomic E-state index is 0.0582. The average Bonchev–Trinajstić information content (AvgIpc) is 2.73. The fourth-order valence-corrected chi connectivity index (χ4v) is 3.84. The molecule has 0 aromatic heterocycles. The van der Waals surface area contributed by atoms with Gasteiger partial charge in [-0.2, -0.15) is 0 Å². The van der Waals surface area contributed by atoms with Gasteiger partial charge >= 0.3 is 11.9 Å². The molecule has 0 radical (unpaired) electrons. The maximum absolute atomic E-state index is 12.6. The third-order valence-electron chi connectivity index (χ3n) is 5.80. The van der Waals surface area contributed by atoms with Gasteiger partial charge < -0.3 is 20.4 Å². The first kappa shape index (κ1) is 21.3. The van der Waals surface area contributed by atoms with E-state index in [9.17, 15) is 29.4 Å². The van der Waals surface area contributed by atoms with E-state index < -0.39 is 17.4 Å². The van der Waals surface area contributed by atoms with E-state index in [1.54, 1.807) is 6.07 Å². The zero-order valence-corrected chi connectivity index (χ0v) is 16.7. The van der Waals surface area contributed by atoms with E-state index in [2.05, 4.69) is 5.32 Å². The van der Waals surface area contributed by atoms with E-state index in [0.29, 0.717) is 5.56 Å². The van der Waals surface area contributed by atoms with E-state index in [1.807, 2.05) is 37.3 Å². The van der Waals surface area contributed by atoms with Crippen LogP contribution >= 0.6 is 0 Å². The Hall–Kier alpha value is -3.42. The van der Waals surface area contributed by atoms with E-state index in [4.69, 9.17) is 0 Å². The predicted molar refractivity (Wildman–Crippen MR) is 109 cm³/mol. The third-order valence-corrected chi connectivity index (χ3v) is 5.80. The second-order valence-electron chi connectivity index (χ2n) is 7.55. The Morgan fingerprint density at radius 1 is 0.967 bits per heavy atom. The van der Waals surface area contributed by atoms with Crippen molar-refractivity contribution in [1.82, 2.24) is 10.2 Å². The molecule has 0 saturated carbocycles. The number of rotatable bonds is 6. The summed E-state index contributed by atoms with van der Waals surface area (Å²) in [4.78, 5) is 49.2. The molecular formula is C22H24N2O6. The highest BCUT2D eigenvalue weighted by Gasteiger charge is 2.49. The number of aliphatic carboxylic acids is 2. The second kappa shape index (κ2) is 8.52. The first-order valence-corrected chi connectivity index (χ1v) is 9.77. The molecule has 1 saturated heterocycles. The first-order chi connectivity index (χ1) is 14.3. The molecule has 2 aromatic carbocycles. The molecule has 3 rings (SSSR count). The van der Waals surface area contributed by atoms with Crippen LogP contribution in [0.2, 0.25) is 0 Å². The predicted octanol–water partition coefficient (Wildman–Crippen LogP) is 2.05. The number of likely N-dealkylation sites (tertiary alicyclic amines) is 1. The van der Waals surface area contributed by atoms with Gasteiger partial charge in [-0.3, -0.25) is 19.2 Å². The number of benzene rings is 2. The SMILES string of the molecule is Cc1ccc(C(=O)NCCC(=O)N2CCC(C(=O)O)(C(=O)O)CC2)c2ccccc12. The Morgan fingerprint density at radius 3 is 2.17 bits per heavy atom. The van der Waals surface area contributed by atoms with Crippen LogP contribution in [0.25, 0.3) is 10.8 Å². The van der Waals surface area contributed by atoms with Crippen LogP contribution in [-0.2, 0) is 14.4 Å². The second-order valence-corrected chi connectivity index (χ2v) is 7.55. The van der Waals surface area contributed by atoms with Crippen molar-refractivity contribution in [3.63, 3.8) is 0 Å². The summed E-state index contributed by atoms with van der Waals surface area (Å²) in [6, 6.07) is 11.3. The Morgan fingerprint density at radius 2 is 1.57 bits per heavy atom. The molecule has 30 heavy (non-hydrogen) atoms. The lowest BCUT2D eigenvalue weighted by Crippen LogP contribution is -2.50. The van der Waals surface area contributed by atoms with Crippen LogP contribution in [0, 0.1) is 12.3 Å². The molecular weight excluding hydrogens is 388 g/mol. The van der Waals surface area contributed by atoms with E-state index in [-0.39, 0.29) is 50.7 Å². The Bertz CT molecular complexity index is 992. The highest BCUT2D eigenvalue weighted by molar-refractivity contribution is 6.07. The molecule has 1 heterocycles. The van der Waals surface area contributed by atoms with Gasteiger partial charge in [0.15, 0.2) is 5.41 Å². The Balaban J connectivity index is 1.56. The highest BCUT2D eigenvalue weighted by atomic mass is 16.4. The summed E-state index contributed by atoms with van der Waals surface area (Å²) in [7, 11) is 0. The van der Waals surface area contributed by atoms with Gasteiger partial charge in [0, 0.05) is 31.6 Å². The summed E-state index contributed by atoms with van der Waals surface area (Å²) in [6.45, 7) is 2.24. The number of carboxylic acids is 2. The zero-order valence-electron chi connectivity index (χ0n) is 16.7. The number of aryl methyl sites for hydroxylation is 1. The standard InChI is InChI=1S/C22H24N2O6/c1-14-6-7-17(16-5-3-2-4-15(14)16)19(26)23-11-8-18(25)24-12-9-22(10-13-24,20(27)28)21(29)30/h2-7H,8-13H2,1H3,(H,23,26)(H,27,28)(H,29,30). The van der Waals surface area contributed by atoms with Gasteiger partial charge in [0.2, 0.25) is 5.91 Å². The van der Waals surface area contributed by atoms with Gasteiger partial charge in [-0.1, -0.05) is 30.3 Å². The number of carboxylic acid groups (broad SMARTS) is 2. The summed E-state index contributed by atoms with van der Waals surface area (Å²) in [5.41, 5.74) is -0.229. The van der Waals surface area contributed by atoms with Gasteiger partial charge in [-0.15, -0.1) is 0 Å². The number of hydrogen-bond acceptors (Lipinski definition) is 4. The van der Waals surface area contributed by atoms with Crippen LogP contribution in [0.4, 0.5) is 0 Å². The monoisotopic (exact) mass is 412 g/mol. The van der Waals surface area contributed by atoms with Crippen LogP contribution in [0.15, 0.2) is 36.4 Å². The fourth-order valence-electron chi connectivity index (χ4n) is 3.84. The minimum atomic E-state index is -1.84. The normalized spacial score (nSPS) is 15.6. The molecule has 1 aliphatic heterocycles. The number of fused-ring (bicyclic) bond motifs is 1. The van der Waals surface area contributed by atoms with Gasteiger partial charge in [0.05, 0.1) is 0 Å². The van der Waals surface area contributed by atoms with E-state index >= 15 is 0 Å². The summed E-state index contributed by atoms with van der Waals surface area (Å²) in [6.07, 6.45) is -0.209. The highest BCUT2D eigenvalue weighted by Crippen LogP contribution is 2.32. The van der Waals surface area contributed by atoms with Crippen molar-refractivity contribution >= 4 is 34.5 Å². The number of nitrogens with zero attached hydrogens (tertiary/aromatic N) is 1. The molecule has 3 N–H and O–H groups in total. The van der Waals surface area contributed by atoms with Crippen molar-refractivity contribution < 1.29 is 29.4 Å². The first-order valence-electron chi connectivity index (χ1n) is 9.77. The molecule has 2 amide bonds. The molecule has 0 aliphatic carbocycles. The molecule has 8 nitrogen and oxygen atoms in total. The smallest absolute Gasteiger partial charge is 0.321 e. The van der Waals surface area contributed by atoms with Crippen molar-refractivity contribution in [2.45, 2.75) is 26.2 Å². The third kappa shape index (κ3) is 3.98. The summed E-state index contributed by atoms with van der Waals surface area (Å²) in [5.74, 6) is -3.26. The van der Waals surface area contributed by atoms with Crippen molar-refractivity contribution in [2.24, 2.45) is 5.41 Å². The Labute approximate surface area is 173 Å². The maximum Gasteiger partial charge on any atom is 0.321 e.